The van der Waals surface area contributed by atoms with Gasteiger partial charge in [-0.25, -0.2) is 0 Å². The molecule has 1 atom stereocenters. The summed E-state index contributed by atoms with van der Waals surface area (Å²) in [5.41, 5.74) is 2.85. The van der Waals surface area contributed by atoms with Crippen molar-refractivity contribution in [3.05, 3.63) is 35.4 Å². The topological polar surface area (TPSA) is 72.0 Å². The van der Waals surface area contributed by atoms with Crippen molar-refractivity contribution >= 4 is 11.9 Å². The molecule has 21 heavy (non-hydrogen) atoms. The summed E-state index contributed by atoms with van der Waals surface area (Å²) in [4.78, 5) is 12.7. The zero-order valence-electron chi connectivity index (χ0n) is 12.3. The van der Waals surface area contributed by atoms with Gasteiger partial charge in [0.1, 0.15) is 0 Å². The molecule has 0 amide bonds. The normalized spacial score (nSPS) is 15.8. The average Bonchev–Trinajstić information content (AvgIpc) is 2.48. The van der Waals surface area contributed by atoms with E-state index in [9.17, 15) is 0 Å². The van der Waals surface area contributed by atoms with Gasteiger partial charge in [0.05, 0.1) is 7.11 Å². The average molecular weight is 285 g/mol. The van der Waals surface area contributed by atoms with Crippen molar-refractivity contribution in [2.45, 2.75) is 19.3 Å². The van der Waals surface area contributed by atoms with Crippen LogP contribution in [-0.4, -0.2) is 35.2 Å². The molecule has 6 nitrogen and oxygen atoms in total. The van der Waals surface area contributed by atoms with Crippen molar-refractivity contribution in [1.82, 2.24) is 15.0 Å². The number of methoxy groups -OCH3 is 1. The second-order valence-corrected chi connectivity index (χ2v) is 4.98. The lowest BCUT2D eigenvalue weighted by atomic mass is 9.78. The Labute approximate surface area is 124 Å². The third-order valence-electron chi connectivity index (χ3n) is 3.60. The largest absolute Gasteiger partial charge is 0.467 e. The number of anilines is 2. The highest BCUT2D eigenvalue weighted by molar-refractivity contribution is 5.42. The van der Waals surface area contributed by atoms with Crippen LogP contribution in [0.3, 0.4) is 0 Å². The lowest BCUT2D eigenvalue weighted by molar-refractivity contribution is 0.379. The first-order valence-corrected chi connectivity index (χ1v) is 7.15. The Balaban J connectivity index is 1.67. The number of rotatable bonds is 6. The maximum absolute atomic E-state index is 5.10. The van der Waals surface area contributed by atoms with E-state index in [4.69, 9.17) is 4.74 Å². The predicted octanol–water partition coefficient (Wildman–Crippen LogP) is 2.06. The van der Waals surface area contributed by atoms with Gasteiger partial charge in [0.2, 0.25) is 11.9 Å². The smallest absolute Gasteiger partial charge is 0.322 e. The van der Waals surface area contributed by atoms with Gasteiger partial charge in [-0.15, -0.1) is 0 Å². The van der Waals surface area contributed by atoms with E-state index in [0.717, 1.165) is 19.5 Å². The molecule has 0 aliphatic heterocycles. The maximum Gasteiger partial charge on any atom is 0.322 e. The molecule has 3 rings (SSSR count). The molecule has 0 radical (unpaired) electrons. The van der Waals surface area contributed by atoms with Crippen LogP contribution in [0.5, 0.6) is 6.01 Å². The number of ether oxygens (including phenoxy) is 1. The van der Waals surface area contributed by atoms with Gasteiger partial charge >= 0.3 is 6.01 Å². The van der Waals surface area contributed by atoms with E-state index in [2.05, 4.69) is 49.9 Å². The van der Waals surface area contributed by atoms with E-state index in [1.165, 1.54) is 11.1 Å². The molecule has 1 aromatic carbocycles. The van der Waals surface area contributed by atoms with Gasteiger partial charge in [-0.2, -0.15) is 15.0 Å². The number of nitrogens with zero attached hydrogens (tertiary/aromatic N) is 3. The Morgan fingerprint density at radius 2 is 1.90 bits per heavy atom. The number of benzene rings is 1. The molecule has 2 aromatic rings. The Morgan fingerprint density at radius 1 is 1.14 bits per heavy atom. The van der Waals surface area contributed by atoms with E-state index in [-0.39, 0.29) is 0 Å². The van der Waals surface area contributed by atoms with Gasteiger partial charge in [-0.05, 0) is 24.5 Å². The molecule has 1 unspecified atom stereocenters. The molecule has 6 heteroatoms. The Hall–Kier alpha value is -2.37. The second kappa shape index (κ2) is 5.95. The number of fused-ring (bicyclic) bond motifs is 1. The minimum Gasteiger partial charge on any atom is -0.467 e. The molecule has 1 aliphatic rings. The number of hydrogen-bond acceptors (Lipinski definition) is 6. The van der Waals surface area contributed by atoms with Crippen LogP contribution < -0.4 is 15.4 Å². The molecule has 110 valence electrons. The number of aromatic nitrogens is 3. The Morgan fingerprint density at radius 3 is 2.62 bits per heavy atom. The van der Waals surface area contributed by atoms with Gasteiger partial charge in [-0.3, -0.25) is 0 Å². The highest BCUT2D eigenvalue weighted by atomic mass is 16.5. The van der Waals surface area contributed by atoms with Crippen LogP contribution in [0.25, 0.3) is 0 Å². The van der Waals surface area contributed by atoms with Crippen LogP contribution in [0.4, 0.5) is 11.9 Å². The minimum atomic E-state index is 0.317. The van der Waals surface area contributed by atoms with E-state index in [1.54, 1.807) is 7.11 Å². The molecule has 1 heterocycles. The highest BCUT2D eigenvalue weighted by Crippen LogP contribution is 2.34. The quantitative estimate of drug-likeness (QED) is 0.846. The first-order valence-electron chi connectivity index (χ1n) is 7.15. The van der Waals surface area contributed by atoms with Crippen LogP contribution in [0.1, 0.15) is 24.0 Å². The molecule has 0 bridgehead atoms. The summed E-state index contributed by atoms with van der Waals surface area (Å²) in [7, 11) is 1.55. The monoisotopic (exact) mass is 285 g/mol. The van der Waals surface area contributed by atoms with Gasteiger partial charge in [0.25, 0.3) is 0 Å². The molecule has 0 fully saturated rings. The zero-order chi connectivity index (χ0) is 14.7. The van der Waals surface area contributed by atoms with E-state index >= 15 is 0 Å². The summed E-state index contributed by atoms with van der Waals surface area (Å²) in [5.74, 6) is 1.59. The van der Waals surface area contributed by atoms with Gasteiger partial charge in [0, 0.05) is 19.0 Å². The standard InChI is InChI=1S/C15H19N5O/c1-3-16-13-18-14(20-15(19-13)21-2)17-9-11-8-10-6-4-5-7-12(10)11/h4-7,11H,3,8-9H2,1-2H3,(H2,16,17,18,19,20). The number of hydrogen-bond donors (Lipinski definition) is 2. The molecular weight excluding hydrogens is 266 g/mol. The molecular formula is C15H19N5O. The van der Waals surface area contributed by atoms with Crippen molar-refractivity contribution < 1.29 is 4.74 Å². The van der Waals surface area contributed by atoms with Crippen molar-refractivity contribution in [1.29, 1.82) is 0 Å². The SMILES string of the molecule is CCNc1nc(NCC2Cc3ccccc32)nc(OC)n1. The lowest BCUT2D eigenvalue weighted by Crippen LogP contribution is -2.25. The maximum atomic E-state index is 5.10. The molecule has 0 spiro atoms. The lowest BCUT2D eigenvalue weighted by Gasteiger charge is -2.30. The molecule has 1 aliphatic carbocycles. The Kier molecular flexibility index (Phi) is 3.85. The molecule has 0 saturated heterocycles. The summed E-state index contributed by atoms with van der Waals surface area (Å²) in [6.45, 7) is 3.56. The van der Waals surface area contributed by atoms with Crippen molar-refractivity contribution in [2.75, 3.05) is 30.8 Å². The summed E-state index contributed by atoms with van der Waals surface area (Å²) in [5, 5.41) is 6.35. The molecule has 0 saturated carbocycles. The first kappa shape index (κ1) is 13.6. The summed E-state index contributed by atoms with van der Waals surface area (Å²) >= 11 is 0. The molecule has 2 N–H and O–H groups in total. The van der Waals surface area contributed by atoms with Crippen molar-refractivity contribution in [2.24, 2.45) is 0 Å². The van der Waals surface area contributed by atoms with Gasteiger partial charge in [-0.1, -0.05) is 24.3 Å². The van der Waals surface area contributed by atoms with E-state index in [0.29, 0.717) is 23.8 Å². The zero-order valence-corrected chi connectivity index (χ0v) is 12.3. The summed E-state index contributed by atoms with van der Waals surface area (Å²) in [6, 6.07) is 8.85. The fourth-order valence-corrected chi connectivity index (χ4v) is 2.52. The summed E-state index contributed by atoms with van der Waals surface area (Å²) in [6.07, 6.45) is 1.10. The summed E-state index contributed by atoms with van der Waals surface area (Å²) < 4.78 is 5.10. The first-order chi connectivity index (χ1) is 10.3. The second-order valence-electron chi connectivity index (χ2n) is 4.98. The van der Waals surface area contributed by atoms with Crippen LogP contribution in [-0.2, 0) is 6.42 Å². The van der Waals surface area contributed by atoms with Crippen molar-refractivity contribution in [3.8, 4) is 6.01 Å². The third kappa shape index (κ3) is 2.89. The van der Waals surface area contributed by atoms with Gasteiger partial charge in [0.15, 0.2) is 0 Å². The highest BCUT2D eigenvalue weighted by Gasteiger charge is 2.25. The number of nitrogens with one attached hydrogen (secondary N) is 2. The van der Waals surface area contributed by atoms with E-state index < -0.39 is 0 Å². The third-order valence-corrected chi connectivity index (χ3v) is 3.60. The van der Waals surface area contributed by atoms with Crippen molar-refractivity contribution in [3.63, 3.8) is 0 Å². The van der Waals surface area contributed by atoms with Crippen LogP contribution in [0.2, 0.25) is 0 Å². The predicted molar refractivity (Wildman–Crippen MR) is 81.9 cm³/mol. The Bertz CT molecular complexity index is 631. The fourth-order valence-electron chi connectivity index (χ4n) is 2.52. The molecule has 1 aromatic heterocycles. The van der Waals surface area contributed by atoms with E-state index in [1.807, 2.05) is 6.92 Å². The van der Waals surface area contributed by atoms with Gasteiger partial charge < -0.3 is 15.4 Å². The van der Waals surface area contributed by atoms with Crippen LogP contribution in [0, 0.1) is 0 Å². The van der Waals surface area contributed by atoms with Crippen LogP contribution >= 0.6 is 0 Å². The minimum absolute atomic E-state index is 0.317. The van der Waals surface area contributed by atoms with Crippen LogP contribution in [0.15, 0.2) is 24.3 Å². The fraction of sp³-hybridized carbons (Fsp3) is 0.400.